The van der Waals surface area contributed by atoms with E-state index >= 15 is 0 Å². The highest BCUT2D eigenvalue weighted by Gasteiger charge is 2.27. The van der Waals surface area contributed by atoms with Crippen molar-refractivity contribution < 1.29 is 9.47 Å². The monoisotopic (exact) mass is 443 g/mol. The molecule has 2 aromatic carbocycles. The largest absolute Gasteiger partial charge is 0.497 e. The second-order valence-electron chi connectivity index (χ2n) is 8.60. The zero-order valence-corrected chi connectivity index (χ0v) is 19.3. The van der Waals surface area contributed by atoms with E-state index in [-0.39, 0.29) is 6.10 Å². The van der Waals surface area contributed by atoms with Gasteiger partial charge in [-0.2, -0.15) is 0 Å². The molecule has 0 aliphatic carbocycles. The summed E-state index contributed by atoms with van der Waals surface area (Å²) in [5.41, 5.74) is 4.88. The molecule has 1 atom stereocenters. The quantitative estimate of drug-likeness (QED) is 0.432. The first-order chi connectivity index (χ1) is 16.1. The summed E-state index contributed by atoms with van der Waals surface area (Å²) in [6.07, 6.45) is 3.30. The van der Waals surface area contributed by atoms with Crippen molar-refractivity contribution in [2.45, 2.75) is 32.5 Å². The Hall–Kier alpha value is -3.29. The maximum atomic E-state index is 6.18. The van der Waals surface area contributed by atoms with E-state index in [0.717, 1.165) is 53.7 Å². The Labute approximate surface area is 194 Å². The molecule has 5 rings (SSSR count). The van der Waals surface area contributed by atoms with Crippen LogP contribution in [0.5, 0.6) is 5.75 Å². The van der Waals surface area contributed by atoms with Crippen LogP contribution in [0, 0.1) is 0 Å². The van der Waals surface area contributed by atoms with Crippen LogP contribution in [-0.4, -0.2) is 51.2 Å². The number of imidazole rings is 1. The van der Waals surface area contributed by atoms with Gasteiger partial charge in [-0.15, -0.1) is 0 Å². The first-order valence-electron chi connectivity index (χ1n) is 11.4. The number of rotatable bonds is 6. The van der Waals surface area contributed by atoms with E-state index < -0.39 is 0 Å². The molecule has 0 amide bonds. The van der Waals surface area contributed by atoms with Gasteiger partial charge in [-0.25, -0.2) is 4.98 Å². The van der Waals surface area contributed by atoms with Crippen LogP contribution in [0.3, 0.4) is 0 Å². The van der Waals surface area contributed by atoms with Crippen molar-refractivity contribution in [3.63, 3.8) is 0 Å². The fraction of sp³-hybridized carbons (Fsp3) is 0.346. The van der Waals surface area contributed by atoms with Gasteiger partial charge in [-0.05, 0) is 38.1 Å². The lowest BCUT2D eigenvalue weighted by atomic mass is 10.0. The lowest BCUT2D eigenvalue weighted by Gasteiger charge is -2.33. The van der Waals surface area contributed by atoms with Crippen molar-refractivity contribution in [2.24, 2.45) is 0 Å². The number of aromatic nitrogens is 4. The third-order valence-corrected chi connectivity index (χ3v) is 6.08. The molecule has 7 nitrogen and oxygen atoms in total. The van der Waals surface area contributed by atoms with Crippen LogP contribution in [0.15, 0.2) is 60.9 Å². The van der Waals surface area contributed by atoms with E-state index in [2.05, 4.69) is 51.5 Å². The van der Waals surface area contributed by atoms with E-state index in [9.17, 15) is 0 Å². The van der Waals surface area contributed by atoms with Crippen molar-refractivity contribution >= 4 is 11.0 Å². The zero-order chi connectivity index (χ0) is 22.8. The van der Waals surface area contributed by atoms with Gasteiger partial charge in [0.05, 0.1) is 42.7 Å². The summed E-state index contributed by atoms with van der Waals surface area (Å²) in [6.45, 7) is 7.41. The molecule has 0 N–H and O–H groups in total. The zero-order valence-electron chi connectivity index (χ0n) is 19.3. The van der Waals surface area contributed by atoms with Gasteiger partial charge in [0, 0.05) is 37.1 Å². The van der Waals surface area contributed by atoms with Gasteiger partial charge < -0.3 is 14.0 Å². The molecule has 1 aliphatic heterocycles. The Bertz CT molecular complexity index is 1250. The van der Waals surface area contributed by atoms with Gasteiger partial charge in [0.1, 0.15) is 17.7 Å². The smallest absolute Gasteiger partial charge is 0.124 e. The highest BCUT2D eigenvalue weighted by molar-refractivity contribution is 5.76. The van der Waals surface area contributed by atoms with E-state index in [1.807, 2.05) is 30.3 Å². The van der Waals surface area contributed by atoms with Crippen LogP contribution in [-0.2, 0) is 11.3 Å². The molecule has 0 radical (unpaired) electrons. The summed E-state index contributed by atoms with van der Waals surface area (Å²) >= 11 is 0. The molecule has 4 aromatic rings. The summed E-state index contributed by atoms with van der Waals surface area (Å²) in [5.74, 6) is 1.88. The van der Waals surface area contributed by atoms with Crippen LogP contribution in [0.2, 0.25) is 0 Å². The first-order valence-corrected chi connectivity index (χ1v) is 11.4. The third-order valence-electron chi connectivity index (χ3n) is 6.08. The van der Waals surface area contributed by atoms with Gasteiger partial charge in [-0.3, -0.25) is 14.9 Å². The molecular formula is C26H29N5O2. The van der Waals surface area contributed by atoms with E-state index in [0.29, 0.717) is 12.6 Å². The van der Waals surface area contributed by atoms with Crippen molar-refractivity contribution in [1.29, 1.82) is 0 Å². The minimum absolute atomic E-state index is 0.162. The molecule has 0 spiro atoms. The van der Waals surface area contributed by atoms with Crippen LogP contribution >= 0.6 is 0 Å². The SMILES string of the molecule is COc1cccc(-c2nccnc2C2CN(Cc3nc4ccccc4n3C(C)C)CCO2)c1. The molecule has 7 heteroatoms. The minimum atomic E-state index is -0.162. The average molecular weight is 444 g/mol. The molecule has 170 valence electrons. The van der Waals surface area contributed by atoms with Gasteiger partial charge >= 0.3 is 0 Å². The summed E-state index contributed by atoms with van der Waals surface area (Å²) < 4.78 is 13.9. The van der Waals surface area contributed by atoms with E-state index in [4.69, 9.17) is 14.5 Å². The van der Waals surface area contributed by atoms with Gasteiger partial charge in [-0.1, -0.05) is 24.3 Å². The normalized spacial score (nSPS) is 17.0. The number of ether oxygens (including phenoxy) is 2. The van der Waals surface area contributed by atoms with E-state index in [1.165, 1.54) is 5.52 Å². The predicted octanol–water partition coefficient (Wildman–Crippen LogP) is 4.66. The molecule has 3 heterocycles. The lowest BCUT2D eigenvalue weighted by molar-refractivity contribution is -0.0358. The molecule has 1 saturated heterocycles. The van der Waals surface area contributed by atoms with Crippen molar-refractivity contribution in [2.75, 3.05) is 26.8 Å². The van der Waals surface area contributed by atoms with Crippen LogP contribution in [0.4, 0.5) is 0 Å². The van der Waals surface area contributed by atoms with Crippen LogP contribution in [0.25, 0.3) is 22.3 Å². The number of para-hydroxylation sites is 2. The van der Waals surface area contributed by atoms with Crippen LogP contribution in [0.1, 0.15) is 37.5 Å². The highest BCUT2D eigenvalue weighted by Crippen LogP contribution is 2.31. The molecule has 33 heavy (non-hydrogen) atoms. The Morgan fingerprint density at radius 3 is 2.79 bits per heavy atom. The van der Waals surface area contributed by atoms with Crippen molar-refractivity contribution in [3.8, 4) is 17.0 Å². The van der Waals surface area contributed by atoms with E-state index in [1.54, 1.807) is 19.5 Å². The third kappa shape index (κ3) is 4.34. The summed E-state index contributed by atoms with van der Waals surface area (Å²) in [7, 11) is 1.67. The molecule has 1 fully saturated rings. The summed E-state index contributed by atoms with van der Waals surface area (Å²) in [6, 6.07) is 16.6. The lowest BCUT2D eigenvalue weighted by Crippen LogP contribution is -2.39. The van der Waals surface area contributed by atoms with Gasteiger partial charge in [0.25, 0.3) is 0 Å². The van der Waals surface area contributed by atoms with Crippen molar-refractivity contribution in [3.05, 3.63) is 72.4 Å². The Morgan fingerprint density at radius 2 is 1.94 bits per heavy atom. The molecule has 0 bridgehead atoms. The summed E-state index contributed by atoms with van der Waals surface area (Å²) in [5, 5.41) is 0. The Balaban J connectivity index is 1.42. The van der Waals surface area contributed by atoms with Crippen LogP contribution < -0.4 is 4.74 Å². The minimum Gasteiger partial charge on any atom is -0.497 e. The molecule has 1 unspecified atom stereocenters. The maximum absolute atomic E-state index is 6.18. The molecule has 0 saturated carbocycles. The number of benzene rings is 2. The molecular weight excluding hydrogens is 414 g/mol. The van der Waals surface area contributed by atoms with Gasteiger partial charge in [0.2, 0.25) is 0 Å². The second-order valence-corrected chi connectivity index (χ2v) is 8.60. The summed E-state index contributed by atoms with van der Waals surface area (Å²) in [4.78, 5) is 16.7. The standard InChI is InChI=1S/C26H29N5O2/c1-18(2)31-22-10-5-4-9-21(22)29-24(31)17-30-13-14-33-23(16-30)26-25(27-11-12-28-26)19-7-6-8-20(15-19)32-3/h4-12,15,18,23H,13-14,16-17H2,1-3H3. The second kappa shape index (κ2) is 9.29. The number of methoxy groups -OCH3 is 1. The maximum Gasteiger partial charge on any atom is 0.124 e. The first kappa shape index (κ1) is 21.6. The predicted molar refractivity (Wildman–Crippen MR) is 128 cm³/mol. The highest BCUT2D eigenvalue weighted by atomic mass is 16.5. The number of hydrogen-bond acceptors (Lipinski definition) is 6. The molecule has 1 aliphatic rings. The topological polar surface area (TPSA) is 65.3 Å². The average Bonchev–Trinajstić information content (AvgIpc) is 3.22. The Morgan fingerprint density at radius 1 is 1.09 bits per heavy atom. The number of fused-ring (bicyclic) bond motifs is 1. The number of hydrogen-bond donors (Lipinski definition) is 0. The van der Waals surface area contributed by atoms with Gasteiger partial charge in [0.15, 0.2) is 0 Å². The fourth-order valence-corrected chi connectivity index (χ4v) is 4.57. The molecule has 2 aromatic heterocycles. The number of morpholine rings is 1. The fourth-order valence-electron chi connectivity index (χ4n) is 4.57. The Kier molecular flexibility index (Phi) is 6.07. The van der Waals surface area contributed by atoms with Crippen molar-refractivity contribution in [1.82, 2.24) is 24.4 Å². The number of nitrogens with zero attached hydrogens (tertiary/aromatic N) is 5.